The molecule has 0 radical (unpaired) electrons. The van der Waals surface area contributed by atoms with Gasteiger partial charge in [0.25, 0.3) is 0 Å². The van der Waals surface area contributed by atoms with Crippen LogP contribution in [0, 0.1) is 0 Å². The van der Waals surface area contributed by atoms with Gasteiger partial charge >= 0.3 is 0 Å². The smallest absolute Gasteiger partial charge is 0.243 e. The lowest BCUT2D eigenvalue weighted by molar-refractivity contribution is -0.140. The zero-order chi connectivity index (χ0) is 24.2. The first-order valence-corrected chi connectivity index (χ1v) is 13.5. The van der Waals surface area contributed by atoms with Gasteiger partial charge in [0, 0.05) is 41.9 Å². The SMILES string of the molecule is CCNC(=O)[C@@H](Cc1ccccc1)N(Cc1cccc(Br)c1)C(=O)CCSCc1ccccc1. The first kappa shape index (κ1) is 26.0. The Morgan fingerprint density at radius 1 is 0.912 bits per heavy atom. The Morgan fingerprint density at radius 3 is 2.21 bits per heavy atom. The number of nitrogens with one attached hydrogen (secondary N) is 1. The maximum atomic E-state index is 13.5. The molecule has 1 N–H and O–H groups in total. The summed E-state index contributed by atoms with van der Waals surface area (Å²) in [4.78, 5) is 28.4. The lowest BCUT2D eigenvalue weighted by Gasteiger charge is -2.31. The van der Waals surface area contributed by atoms with Crippen molar-refractivity contribution in [1.82, 2.24) is 10.2 Å². The number of nitrogens with zero attached hydrogens (tertiary/aromatic N) is 1. The molecule has 0 aromatic heterocycles. The number of hydrogen-bond acceptors (Lipinski definition) is 3. The second kappa shape index (κ2) is 14.0. The van der Waals surface area contributed by atoms with Crippen LogP contribution < -0.4 is 5.32 Å². The van der Waals surface area contributed by atoms with Crippen LogP contribution in [0.1, 0.15) is 30.0 Å². The first-order chi connectivity index (χ1) is 16.6. The monoisotopic (exact) mass is 538 g/mol. The molecule has 0 fully saturated rings. The van der Waals surface area contributed by atoms with Gasteiger partial charge in [-0.3, -0.25) is 9.59 Å². The lowest BCUT2D eigenvalue weighted by Crippen LogP contribution is -2.50. The quantitative estimate of drug-likeness (QED) is 0.294. The Bertz CT molecular complexity index is 1050. The van der Waals surface area contributed by atoms with Crippen molar-refractivity contribution in [2.45, 2.75) is 38.1 Å². The predicted molar refractivity (Wildman–Crippen MR) is 145 cm³/mol. The molecular formula is C28H31BrN2O2S. The summed E-state index contributed by atoms with van der Waals surface area (Å²) in [6, 6.07) is 27.5. The molecule has 3 rings (SSSR count). The maximum absolute atomic E-state index is 13.5. The van der Waals surface area contributed by atoms with Crippen LogP contribution in [0.15, 0.2) is 89.4 Å². The van der Waals surface area contributed by atoms with Gasteiger partial charge in [0.2, 0.25) is 11.8 Å². The third-order valence-corrected chi connectivity index (χ3v) is 6.96. The molecule has 34 heavy (non-hydrogen) atoms. The number of thioether (sulfide) groups is 1. The van der Waals surface area contributed by atoms with Crippen molar-refractivity contribution >= 4 is 39.5 Å². The van der Waals surface area contributed by atoms with Crippen molar-refractivity contribution in [1.29, 1.82) is 0 Å². The molecule has 0 unspecified atom stereocenters. The zero-order valence-corrected chi connectivity index (χ0v) is 21.9. The van der Waals surface area contributed by atoms with Crippen LogP contribution in [0.3, 0.4) is 0 Å². The molecule has 0 bridgehead atoms. The molecule has 4 nitrogen and oxygen atoms in total. The molecule has 0 spiro atoms. The summed E-state index contributed by atoms with van der Waals surface area (Å²) in [7, 11) is 0. The van der Waals surface area contributed by atoms with Crippen LogP contribution >= 0.6 is 27.7 Å². The Balaban J connectivity index is 1.77. The molecule has 178 valence electrons. The third kappa shape index (κ3) is 8.33. The molecule has 2 amide bonds. The minimum atomic E-state index is -0.576. The van der Waals surface area contributed by atoms with E-state index in [1.54, 1.807) is 16.7 Å². The molecular weight excluding hydrogens is 508 g/mol. The third-order valence-electron chi connectivity index (χ3n) is 5.44. The van der Waals surface area contributed by atoms with Gasteiger partial charge in [0.1, 0.15) is 6.04 Å². The van der Waals surface area contributed by atoms with Crippen molar-refractivity contribution in [3.05, 3.63) is 106 Å². The standard InChI is InChI=1S/C28H31BrN2O2S/c1-2-30-28(33)26(19-22-10-5-3-6-11-22)31(20-24-14-9-15-25(29)18-24)27(32)16-17-34-21-23-12-7-4-8-13-23/h3-15,18,26H,2,16-17,19-21H2,1H3,(H,30,33)/t26-/m1/s1. The lowest BCUT2D eigenvalue weighted by atomic mass is 10.0. The molecule has 0 heterocycles. The van der Waals surface area contributed by atoms with Crippen LogP contribution in [0.4, 0.5) is 0 Å². The van der Waals surface area contributed by atoms with Gasteiger partial charge in [-0.2, -0.15) is 11.8 Å². The van der Waals surface area contributed by atoms with Crippen molar-refractivity contribution in [2.24, 2.45) is 0 Å². The van der Waals surface area contributed by atoms with E-state index in [-0.39, 0.29) is 11.8 Å². The predicted octanol–water partition coefficient (Wildman–Crippen LogP) is 5.85. The summed E-state index contributed by atoms with van der Waals surface area (Å²) < 4.78 is 0.952. The van der Waals surface area contributed by atoms with Crippen molar-refractivity contribution in [3.8, 4) is 0 Å². The van der Waals surface area contributed by atoms with E-state index in [4.69, 9.17) is 0 Å². The fourth-order valence-electron chi connectivity index (χ4n) is 3.75. The molecule has 3 aromatic rings. The van der Waals surface area contributed by atoms with Gasteiger partial charge in [-0.25, -0.2) is 0 Å². The Hall–Kier alpha value is -2.57. The van der Waals surface area contributed by atoms with Gasteiger partial charge in [-0.1, -0.05) is 88.7 Å². The normalized spacial score (nSPS) is 11.6. The molecule has 0 saturated heterocycles. The molecule has 3 aromatic carbocycles. The fraction of sp³-hybridized carbons (Fsp3) is 0.286. The van der Waals surface area contributed by atoms with Crippen LogP contribution in [-0.2, 0) is 28.3 Å². The van der Waals surface area contributed by atoms with E-state index in [9.17, 15) is 9.59 Å². The highest BCUT2D eigenvalue weighted by atomic mass is 79.9. The first-order valence-electron chi connectivity index (χ1n) is 11.5. The number of likely N-dealkylation sites (N-methyl/N-ethyl adjacent to an activating group) is 1. The van der Waals surface area contributed by atoms with E-state index >= 15 is 0 Å². The minimum absolute atomic E-state index is 0.00674. The fourth-order valence-corrected chi connectivity index (χ4v) is 5.08. The Morgan fingerprint density at radius 2 is 1.56 bits per heavy atom. The Kier molecular flexibility index (Phi) is 10.7. The van der Waals surface area contributed by atoms with Crippen molar-refractivity contribution in [3.63, 3.8) is 0 Å². The van der Waals surface area contributed by atoms with E-state index < -0.39 is 6.04 Å². The largest absolute Gasteiger partial charge is 0.355 e. The highest BCUT2D eigenvalue weighted by molar-refractivity contribution is 9.10. The van der Waals surface area contributed by atoms with Gasteiger partial charge in [-0.15, -0.1) is 0 Å². The summed E-state index contributed by atoms with van der Waals surface area (Å²) in [5.74, 6) is 1.44. The molecule has 0 aliphatic carbocycles. The van der Waals surface area contributed by atoms with E-state index in [2.05, 4.69) is 33.4 Å². The number of carbonyl (C=O) groups excluding carboxylic acids is 2. The summed E-state index contributed by atoms with van der Waals surface area (Å²) in [6.07, 6.45) is 0.861. The molecule has 6 heteroatoms. The number of carbonyl (C=O) groups is 2. The second-order valence-corrected chi connectivity index (χ2v) is 10.1. The summed E-state index contributed by atoms with van der Waals surface area (Å²) in [5.41, 5.74) is 3.27. The summed E-state index contributed by atoms with van der Waals surface area (Å²) in [5, 5.41) is 2.94. The second-order valence-electron chi connectivity index (χ2n) is 8.04. The van der Waals surface area contributed by atoms with Crippen LogP contribution in [0.2, 0.25) is 0 Å². The van der Waals surface area contributed by atoms with E-state index in [1.165, 1.54) is 5.56 Å². The van der Waals surface area contributed by atoms with Crippen LogP contribution in [-0.4, -0.2) is 35.1 Å². The van der Waals surface area contributed by atoms with Gasteiger partial charge < -0.3 is 10.2 Å². The number of rotatable bonds is 12. The van der Waals surface area contributed by atoms with Crippen LogP contribution in [0.25, 0.3) is 0 Å². The molecule has 1 atom stereocenters. The van der Waals surface area contributed by atoms with E-state index in [0.717, 1.165) is 21.4 Å². The summed E-state index contributed by atoms with van der Waals surface area (Å²) in [6.45, 7) is 2.81. The minimum Gasteiger partial charge on any atom is -0.355 e. The number of halogens is 1. The van der Waals surface area contributed by atoms with Crippen molar-refractivity contribution in [2.75, 3.05) is 12.3 Å². The molecule has 0 aliphatic heterocycles. The number of hydrogen-bond donors (Lipinski definition) is 1. The highest BCUT2D eigenvalue weighted by Crippen LogP contribution is 2.20. The Labute approximate surface area is 215 Å². The van der Waals surface area contributed by atoms with Gasteiger partial charge in [0.05, 0.1) is 0 Å². The average Bonchev–Trinajstić information content (AvgIpc) is 2.85. The van der Waals surface area contributed by atoms with Crippen molar-refractivity contribution < 1.29 is 9.59 Å². The van der Waals surface area contributed by atoms with E-state index in [0.29, 0.717) is 31.7 Å². The zero-order valence-electron chi connectivity index (χ0n) is 19.5. The van der Waals surface area contributed by atoms with E-state index in [1.807, 2.05) is 79.7 Å². The summed E-state index contributed by atoms with van der Waals surface area (Å²) >= 11 is 5.26. The molecule has 0 saturated carbocycles. The average molecular weight is 540 g/mol. The maximum Gasteiger partial charge on any atom is 0.243 e. The van der Waals surface area contributed by atoms with Gasteiger partial charge in [-0.05, 0) is 35.7 Å². The number of benzene rings is 3. The molecule has 0 aliphatic rings. The highest BCUT2D eigenvalue weighted by Gasteiger charge is 2.29. The van der Waals surface area contributed by atoms with Gasteiger partial charge in [0.15, 0.2) is 0 Å². The topological polar surface area (TPSA) is 49.4 Å². The van der Waals surface area contributed by atoms with Crippen LogP contribution in [0.5, 0.6) is 0 Å². The number of amides is 2.